The number of carbonyl (C=O) groups excluding carboxylic acids is 1. The van der Waals surface area contributed by atoms with E-state index < -0.39 is 0 Å². The standard InChI is InChI=1S/C19H17Cl2N3O/c1-2-16(12-6-4-3-5-7-12)22-19(25)18-11-17(23-24-18)13-8-9-14(20)15(21)10-13/h3-11,16H,2H2,1H3,(H,22,25)(H,23,24). The molecular weight excluding hydrogens is 357 g/mol. The maximum atomic E-state index is 12.5. The molecule has 1 amide bonds. The second kappa shape index (κ2) is 7.72. The van der Waals surface area contributed by atoms with E-state index >= 15 is 0 Å². The summed E-state index contributed by atoms with van der Waals surface area (Å²) in [7, 11) is 0. The zero-order valence-corrected chi connectivity index (χ0v) is 15.1. The van der Waals surface area contributed by atoms with Crippen LogP contribution in [0.1, 0.15) is 35.4 Å². The molecule has 2 N–H and O–H groups in total. The smallest absolute Gasteiger partial charge is 0.269 e. The van der Waals surface area contributed by atoms with Crippen LogP contribution in [0, 0.1) is 0 Å². The highest BCUT2D eigenvalue weighted by Crippen LogP contribution is 2.28. The molecule has 0 fully saturated rings. The Morgan fingerprint density at radius 3 is 2.56 bits per heavy atom. The number of amides is 1. The molecule has 25 heavy (non-hydrogen) atoms. The van der Waals surface area contributed by atoms with E-state index in [1.54, 1.807) is 18.2 Å². The monoisotopic (exact) mass is 373 g/mol. The van der Waals surface area contributed by atoms with Crippen molar-refractivity contribution in [3.8, 4) is 11.3 Å². The number of halogens is 2. The first-order chi connectivity index (χ1) is 12.1. The third kappa shape index (κ3) is 4.03. The summed E-state index contributed by atoms with van der Waals surface area (Å²) in [5.41, 5.74) is 2.90. The van der Waals surface area contributed by atoms with Gasteiger partial charge in [0, 0.05) is 5.56 Å². The Morgan fingerprint density at radius 2 is 1.88 bits per heavy atom. The Morgan fingerprint density at radius 1 is 1.12 bits per heavy atom. The number of hydrogen-bond donors (Lipinski definition) is 2. The van der Waals surface area contributed by atoms with Gasteiger partial charge in [0.15, 0.2) is 0 Å². The summed E-state index contributed by atoms with van der Waals surface area (Å²) in [6.45, 7) is 2.03. The summed E-state index contributed by atoms with van der Waals surface area (Å²) in [6.07, 6.45) is 0.795. The van der Waals surface area contributed by atoms with Gasteiger partial charge in [-0.2, -0.15) is 5.10 Å². The van der Waals surface area contributed by atoms with Crippen LogP contribution in [0.2, 0.25) is 10.0 Å². The van der Waals surface area contributed by atoms with Gasteiger partial charge in [-0.15, -0.1) is 0 Å². The molecule has 3 rings (SSSR count). The van der Waals surface area contributed by atoms with Gasteiger partial charge >= 0.3 is 0 Å². The number of carbonyl (C=O) groups is 1. The first-order valence-corrected chi connectivity index (χ1v) is 8.70. The fraction of sp³-hybridized carbons (Fsp3) is 0.158. The van der Waals surface area contributed by atoms with Crippen LogP contribution >= 0.6 is 23.2 Å². The van der Waals surface area contributed by atoms with Crippen LogP contribution in [0.4, 0.5) is 0 Å². The van der Waals surface area contributed by atoms with Crippen LogP contribution in [-0.4, -0.2) is 16.1 Å². The molecule has 0 saturated heterocycles. The molecule has 0 aliphatic carbocycles. The summed E-state index contributed by atoms with van der Waals surface area (Å²) in [5, 5.41) is 10.9. The predicted molar refractivity (Wildman–Crippen MR) is 101 cm³/mol. The largest absolute Gasteiger partial charge is 0.344 e. The fourth-order valence-corrected chi connectivity index (χ4v) is 2.88. The van der Waals surface area contributed by atoms with Crippen LogP contribution in [0.3, 0.4) is 0 Å². The van der Waals surface area contributed by atoms with Gasteiger partial charge in [-0.05, 0) is 30.2 Å². The molecule has 0 aliphatic heterocycles. The van der Waals surface area contributed by atoms with Crippen molar-refractivity contribution in [3.63, 3.8) is 0 Å². The molecule has 1 atom stereocenters. The first kappa shape index (κ1) is 17.5. The molecule has 128 valence electrons. The topological polar surface area (TPSA) is 57.8 Å². The molecule has 1 aromatic heterocycles. The highest BCUT2D eigenvalue weighted by molar-refractivity contribution is 6.42. The number of aromatic amines is 1. The Hall–Kier alpha value is -2.30. The van der Waals surface area contributed by atoms with Gasteiger partial charge < -0.3 is 5.32 Å². The van der Waals surface area contributed by atoms with Crippen molar-refractivity contribution < 1.29 is 4.79 Å². The molecule has 0 spiro atoms. The molecular formula is C19H17Cl2N3O. The van der Waals surface area contributed by atoms with Crippen LogP contribution in [0.15, 0.2) is 54.6 Å². The summed E-state index contributed by atoms with van der Waals surface area (Å²) >= 11 is 12.0. The molecule has 1 heterocycles. The van der Waals surface area contributed by atoms with Gasteiger partial charge in [-0.1, -0.05) is 66.5 Å². The number of aromatic nitrogens is 2. The van der Waals surface area contributed by atoms with Gasteiger partial charge in [0.05, 0.1) is 21.8 Å². The van der Waals surface area contributed by atoms with Gasteiger partial charge in [-0.3, -0.25) is 9.89 Å². The highest BCUT2D eigenvalue weighted by atomic mass is 35.5. The molecule has 6 heteroatoms. The van der Waals surface area contributed by atoms with Crippen LogP contribution in [-0.2, 0) is 0 Å². The van der Waals surface area contributed by atoms with Gasteiger partial charge in [0.2, 0.25) is 0 Å². The lowest BCUT2D eigenvalue weighted by atomic mass is 10.0. The zero-order chi connectivity index (χ0) is 17.8. The molecule has 0 radical (unpaired) electrons. The van der Waals surface area contributed by atoms with Crippen molar-refractivity contribution in [2.75, 3.05) is 0 Å². The minimum absolute atomic E-state index is 0.0505. The third-order valence-electron chi connectivity index (χ3n) is 3.95. The first-order valence-electron chi connectivity index (χ1n) is 7.95. The maximum Gasteiger partial charge on any atom is 0.269 e. The van der Waals surface area contributed by atoms with E-state index in [4.69, 9.17) is 23.2 Å². The fourth-order valence-electron chi connectivity index (χ4n) is 2.58. The lowest BCUT2D eigenvalue weighted by molar-refractivity contribution is 0.0930. The van der Waals surface area contributed by atoms with E-state index in [-0.39, 0.29) is 11.9 Å². The van der Waals surface area contributed by atoms with Crippen LogP contribution < -0.4 is 5.32 Å². The van der Waals surface area contributed by atoms with Crippen molar-refractivity contribution in [2.45, 2.75) is 19.4 Å². The average molecular weight is 374 g/mol. The van der Waals surface area contributed by atoms with Crippen LogP contribution in [0.5, 0.6) is 0 Å². The Bertz CT molecular complexity index is 877. The molecule has 0 bridgehead atoms. The van der Waals surface area contributed by atoms with E-state index in [1.165, 1.54) is 0 Å². The van der Waals surface area contributed by atoms with Crippen molar-refractivity contribution in [2.24, 2.45) is 0 Å². The third-order valence-corrected chi connectivity index (χ3v) is 4.69. The molecule has 3 aromatic rings. The quantitative estimate of drug-likeness (QED) is 0.640. The normalized spacial score (nSPS) is 12.0. The summed E-state index contributed by atoms with van der Waals surface area (Å²) in [4.78, 5) is 12.5. The minimum atomic E-state index is -0.200. The van der Waals surface area contributed by atoms with E-state index in [2.05, 4.69) is 15.5 Å². The molecule has 4 nitrogen and oxygen atoms in total. The van der Waals surface area contributed by atoms with Crippen LogP contribution in [0.25, 0.3) is 11.3 Å². The maximum absolute atomic E-state index is 12.5. The number of hydrogen-bond acceptors (Lipinski definition) is 2. The number of nitrogens with one attached hydrogen (secondary N) is 2. The lowest BCUT2D eigenvalue weighted by Crippen LogP contribution is -2.28. The van der Waals surface area contributed by atoms with E-state index in [9.17, 15) is 4.79 Å². The number of nitrogens with zero attached hydrogens (tertiary/aromatic N) is 1. The van der Waals surface area contributed by atoms with Crippen molar-refractivity contribution >= 4 is 29.1 Å². The van der Waals surface area contributed by atoms with E-state index in [0.717, 1.165) is 17.5 Å². The predicted octanol–water partition coefficient (Wildman–Crippen LogP) is 5.26. The number of H-pyrrole nitrogens is 1. The highest BCUT2D eigenvalue weighted by Gasteiger charge is 2.16. The summed E-state index contributed by atoms with van der Waals surface area (Å²) in [6, 6.07) is 16.8. The number of rotatable bonds is 5. The van der Waals surface area contributed by atoms with E-state index in [1.807, 2.05) is 43.3 Å². The number of benzene rings is 2. The molecule has 0 saturated carbocycles. The minimum Gasteiger partial charge on any atom is -0.344 e. The Labute approximate surface area is 156 Å². The van der Waals surface area contributed by atoms with Crippen molar-refractivity contribution in [1.82, 2.24) is 15.5 Å². The molecule has 2 aromatic carbocycles. The second-order valence-corrected chi connectivity index (χ2v) is 6.46. The molecule has 1 unspecified atom stereocenters. The summed E-state index contributed by atoms with van der Waals surface area (Å²) in [5.74, 6) is -0.200. The van der Waals surface area contributed by atoms with Gasteiger partial charge in [-0.25, -0.2) is 0 Å². The molecule has 0 aliphatic rings. The van der Waals surface area contributed by atoms with Crippen molar-refractivity contribution in [3.05, 3.63) is 75.9 Å². The summed E-state index contributed by atoms with van der Waals surface area (Å²) < 4.78 is 0. The lowest BCUT2D eigenvalue weighted by Gasteiger charge is -2.16. The van der Waals surface area contributed by atoms with E-state index in [0.29, 0.717) is 21.4 Å². The Kier molecular flexibility index (Phi) is 5.41. The van der Waals surface area contributed by atoms with Gasteiger partial charge in [0.25, 0.3) is 5.91 Å². The second-order valence-electron chi connectivity index (χ2n) is 5.64. The average Bonchev–Trinajstić information content (AvgIpc) is 3.13. The zero-order valence-electron chi connectivity index (χ0n) is 13.6. The Balaban J connectivity index is 1.77. The van der Waals surface area contributed by atoms with Crippen molar-refractivity contribution in [1.29, 1.82) is 0 Å². The SMILES string of the molecule is CCC(NC(=O)c1cc(-c2ccc(Cl)c(Cl)c2)n[nH]1)c1ccccc1. The van der Waals surface area contributed by atoms with Gasteiger partial charge in [0.1, 0.15) is 5.69 Å².